The Morgan fingerprint density at radius 3 is 2.89 bits per heavy atom. The zero-order chi connectivity index (χ0) is 13.0. The lowest BCUT2D eigenvalue weighted by atomic mass is 10.3. The monoisotopic (exact) mass is 243 g/mol. The highest BCUT2D eigenvalue weighted by Crippen LogP contribution is 2.11. The number of nitrogens with one attached hydrogen (secondary N) is 2. The van der Waals surface area contributed by atoms with E-state index in [1.165, 1.54) is 6.20 Å². The van der Waals surface area contributed by atoms with Crippen molar-refractivity contribution in [2.45, 2.75) is 6.92 Å². The van der Waals surface area contributed by atoms with Gasteiger partial charge in [0.2, 0.25) is 0 Å². The molecule has 0 saturated heterocycles. The highest BCUT2D eigenvalue weighted by Gasteiger charge is 2.10. The predicted octanol–water partition coefficient (Wildman–Crippen LogP) is 1.47. The average molecular weight is 243 g/mol. The molecule has 0 aliphatic heterocycles. The number of carbonyl (C=O) groups excluding carboxylic acids is 1. The second kappa shape index (κ2) is 5.22. The van der Waals surface area contributed by atoms with Crippen molar-refractivity contribution in [3.63, 3.8) is 0 Å². The third kappa shape index (κ3) is 2.60. The summed E-state index contributed by atoms with van der Waals surface area (Å²) in [5.74, 6) is 0.237. The quantitative estimate of drug-likeness (QED) is 0.853. The summed E-state index contributed by atoms with van der Waals surface area (Å²) in [7, 11) is 1.72. The van der Waals surface area contributed by atoms with Crippen LogP contribution in [-0.4, -0.2) is 27.9 Å². The number of rotatable bonds is 3. The Hall–Kier alpha value is -2.50. The summed E-state index contributed by atoms with van der Waals surface area (Å²) in [6, 6.07) is 3.55. The number of amides is 1. The normalized spacial score (nSPS) is 9.89. The minimum absolute atomic E-state index is 0.255. The fourth-order valence-electron chi connectivity index (χ4n) is 1.40. The van der Waals surface area contributed by atoms with Crippen molar-refractivity contribution in [2.24, 2.45) is 0 Å². The molecule has 2 N–H and O–H groups in total. The fraction of sp³-hybridized carbons (Fsp3) is 0.167. The Morgan fingerprint density at radius 2 is 2.17 bits per heavy atom. The molecule has 0 atom stereocenters. The summed E-state index contributed by atoms with van der Waals surface area (Å²) in [6.07, 6.45) is 4.64. The van der Waals surface area contributed by atoms with Crippen LogP contribution in [0.15, 0.2) is 30.7 Å². The second-order valence-electron chi connectivity index (χ2n) is 3.63. The van der Waals surface area contributed by atoms with Gasteiger partial charge in [-0.15, -0.1) is 0 Å². The molecule has 0 aliphatic rings. The van der Waals surface area contributed by atoms with Crippen molar-refractivity contribution in [3.05, 3.63) is 42.1 Å². The van der Waals surface area contributed by atoms with Crippen LogP contribution in [0.4, 0.5) is 11.5 Å². The molecule has 0 spiro atoms. The molecular formula is C12H13N5O. The number of nitrogens with zero attached hydrogens (tertiary/aromatic N) is 3. The molecule has 0 aliphatic carbocycles. The molecule has 2 heterocycles. The minimum Gasteiger partial charge on any atom is -0.372 e. The number of anilines is 2. The molecule has 6 heteroatoms. The first kappa shape index (κ1) is 12.0. The minimum atomic E-state index is -0.310. The Balaban J connectivity index is 2.19. The van der Waals surface area contributed by atoms with E-state index >= 15 is 0 Å². The third-order valence-corrected chi connectivity index (χ3v) is 2.38. The van der Waals surface area contributed by atoms with Crippen molar-refractivity contribution in [2.75, 3.05) is 17.7 Å². The van der Waals surface area contributed by atoms with Gasteiger partial charge < -0.3 is 10.6 Å². The van der Waals surface area contributed by atoms with Crippen molar-refractivity contribution in [1.82, 2.24) is 15.0 Å². The average Bonchev–Trinajstić information content (AvgIpc) is 2.41. The van der Waals surface area contributed by atoms with Crippen molar-refractivity contribution in [1.29, 1.82) is 0 Å². The molecule has 0 bridgehead atoms. The molecule has 2 aromatic heterocycles. The SMILES string of the molecule is CNc1cncc(C(=O)Nc2cccnc2C)n1. The van der Waals surface area contributed by atoms with Gasteiger partial charge in [-0.2, -0.15) is 0 Å². The number of carbonyl (C=O) groups is 1. The standard InChI is InChI=1S/C12H13N5O/c1-8-9(4-3-5-15-8)17-12(18)10-6-14-7-11(13-2)16-10/h3-7H,1-2H3,(H,13,16)(H,17,18). The number of hydrogen-bond acceptors (Lipinski definition) is 5. The van der Waals surface area contributed by atoms with Crippen LogP contribution in [0.3, 0.4) is 0 Å². The first-order valence-electron chi connectivity index (χ1n) is 5.43. The van der Waals surface area contributed by atoms with Gasteiger partial charge >= 0.3 is 0 Å². The zero-order valence-corrected chi connectivity index (χ0v) is 10.1. The predicted molar refractivity (Wildman–Crippen MR) is 68.5 cm³/mol. The van der Waals surface area contributed by atoms with E-state index in [9.17, 15) is 4.79 Å². The van der Waals surface area contributed by atoms with Gasteiger partial charge in [-0.3, -0.25) is 14.8 Å². The number of aromatic nitrogens is 3. The maximum Gasteiger partial charge on any atom is 0.276 e. The Morgan fingerprint density at radius 1 is 1.33 bits per heavy atom. The van der Waals surface area contributed by atoms with Crippen LogP contribution >= 0.6 is 0 Å². The van der Waals surface area contributed by atoms with Crippen LogP contribution in [0.5, 0.6) is 0 Å². The number of pyridine rings is 1. The summed E-state index contributed by atoms with van der Waals surface area (Å²) in [6.45, 7) is 1.82. The summed E-state index contributed by atoms with van der Waals surface area (Å²) in [4.78, 5) is 24.1. The molecular weight excluding hydrogens is 230 g/mol. The Kier molecular flexibility index (Phi) is 3.47. The van der Waals surface area contributed by atoms with E-state index in [2.05, 4.69) is 25.6 Å². The van der Waals surface area contributed by atoms with E-state index in [-0.39, 0.29) is 11.6 Å². The Bertz CT molecular complexity index is 570. The van der Waals surface area contributed by atoms with Crippen LogP contribution in [0, 0.1) is 6.92 Å². The smallest absolute Gasteiger partial charge is 0.276 e. The van der Waals surface area contributed by atoms with E-state index < -0.39 is 0 Å². The van der Waals surface area contributed by atoms with Crippen LogP contribution in [0.1, 0.15) is 16.2 Å². The van der Waals surface area contributed by atoms with Crippen molar-refractivity contribution in [3.8, 4) is 0 Å². The van der Waals surface area contributed by atoms with Crippen molar-refractivity contribution >= 4 is 17.4 Å². The number of hydrogen-bond donors (Lipinski definition) is 2. The number of aryl methyl sites for hydroxylation is 1. The van der Waals surface area contributed by atoms with E-state index in [1.54, 1.807) is 31.6 Å². The van der Waals surface area contributed by atoms with Crippen molar-refractivity contribution < 1.29 is 4.79 Å². The van der Waals surface area contributed by atoms with E-state index in [4.69, 9.17) is 0 Å². The van der Waals surface area contributed by atoms with Crippen LogP contribution in [0.2, 0.25) is 0 Å². The molecule has 0 fully saturated rings. The van der Waals surface area contributed by atoms with Gasteiger partial charge in [0.05, 0.1) is 23.8 Å². The van der Waals surface area contributed by atoms with Gasteiger partial charge in [0.15, 0.2) is 0 Å². The molecule has 1 amide bonds. The van der Waals surface area contributed by atoms with E-state index in [0.29, 0.717) is 11.5 Å². The first-order chi connectivity index (χ1) is 8.70. The summed E-state index contributed by atoms with van der Waals surface area (Å²) in [5.41, 5.74) is 1.67. The van der Waals surface area contributed by atoms with Gasteiger partial charge in [0, 0.05) is 13.2 Å². The largest absolute Gasteiger partial charge is 0.372 e. The van der Waals surface area contributed by atoms with Gasteiger partial charge in [-0.1, -0.05) is 0 Å². The van der Waals surface area contributed by atoms with Gasteiger partial charge in [0.25, 0.3) is 5.91 Å². The summed E-state index contributed by atoms with van der Waals surface area (Å²) in [5, 5.41) is 5.58. The fourth-order valence-corrected chi connectivity index (χ4v) is 1.40. The van der Waals surface area contributed by atoms with Crippen LogP contribution in [0.25, 0.3) is 0 Å². The lowest BCUT2D eigenvalue weighted by molar-refractivity contribution is 0.102. The maximum absolute atomic E-state index is 12.0. The third-order valence-electron chi connectivity index (χ3n) is 2.38. The van der Waals surface area contributed by atoms with E-state index in [0.717, 1.165) is 5.69 Å². The molecule has 2 rings (SSSR count). The highest BCUT2D eigenvalue weighted by molar-refractivity contribution is 6.03. The summed E-state index contributed by atoms with van der Waals surface area (Å²) < 4.78 is 0. The highest BCUT2D eigenvalue weighted by atomic mass is 16.1. The molecule has 18 heavy (non-hydrogen) atoms. The first-order valence-corrected chi connectivity index (χ1v) is 5.43. The topological polar surface area (TPSA) is 79.8 Å². The molecule has 2 aromatic rings. The Labute approximate surface area is 105 Å². The van der Waals surface area contributed by atoms with Crippen LogP contribution in [-0.2, 0) is 0 Å². The molecule has 6 nitrogen and oxygen atoms in total. The lowest BCUT2D eigenvalue weighted by Gasteiger charge is -2.07. The zero-order valence-electron chi connectivity index (χ0n) is 10.1. The molecule has 0 radical (unpaired) electrons. The van der Waals surface area contributed by atoms with Gasteiger partial charge in [0.1, 0.15) is 11.5 Å². The lowest BCUT2D eigenvalue weighted by Crippen LogP contribution is -2.15. The molecule has 92 valence electrons. The van der Waals surface area contributed by atoms with Crippen LogP contribution < -0.4 is 10.6 Å². The molecule has 0 saturated carbocycles. The molecule has 0 unspecified atom stereocenters. The second-order valence-corrected chi connectivity index (χ2v) is 3.63. The summed E-state index contributed by atoms with van der Waals surface area (Å²) >= 11 is 0. The van der Waals surface area contributed by atoms with E-state index in [1.807, 2.05) is 6.92 Å². The maximum atomic E-state index is 12.0. The van der Waals surface area contributed by atoms with Gasteiger partial charge in [-0.25, -0.2) is 4.98 Å². The molecule has 0 aromatic carbocycles. The van der Waals surface area contributed by atoms with Gasteiger partial charge in [-0.05, 0) is 19.1 Å².